The lowest BCUT2D eigenvalue weighted by atomic mass is 9.87. The van der Waals surface area contributed by atoms with Crippen LogP contribution in [-0.4, -0.2) is 21.5 Å². The Morgan fingerprint density at radius 1 is 1.06 bits per heavy atom. The minimum absolute atomic E-state index is 0.154. The predicted molar refractivity (Wildman–Crippen MR) is 118 cm³/mol. The number of nitrogens with zero attached hydrogens (tertiary/aromatic N) is 3. The molecular formula is C25H25FN4O. The average Bonchev–Trinajstić information content (AvgIpc) is 3.44. The van der Waals surface area contributed by atoms with Crippen molar-refractivity contribution in [3.63, 3.8) is 0 Å². The Morgan fingerprint density at radius 2 is 1.84 bits per heavy atom. The lowest BCUT2D eigenvalue weighted by Crippen LogP contribution is -2.40. The number of hydrogen-bond donors (Lipinski definition) is 1. The molecule has 5 rings (SSSR count). The van der Waals surface area contributed by atoms with E-state index in [4.69, 9.17) is 9.72 Å². The molecule has 1 aliphatic carbocycles. The summed E-state index contributed by atoms with van der Waals surface area (Å²) in [4.78, 5) is 9.17. The molecule has 1 fully saturated rings. The van der Waals surface area contributed by atoms with Crippen molar-refractivity contribution in [1.82, 2.24) is 19.7 Å². The van der Waals surface area contributed by atoms with Crippen LogP contribution in [-0.2, 0) is 12.1 Å². The molecule has 6 heteroatoms. The van der Waals surface area contributed by atoms with Crippen molar-refractivity contribution in [2.45, 2.75) is 37.8 Å². The number of hydrogen-bond acceptors (Lipinski definition) is 4. The lowest BCUT2D eigenvalue weighted by Gasteiger charge is -2.32. The highest BCUT2D eigenvalue weighted by Crippen LogP contribution is 2.43. The molecule has 0 amide bonds. The molecule has 0 spiro atoms. The van der Waals surface area contributed by atoms with Gasteiger partial charge in [0, 0.05) is 35.6 Å². The Hall–Kier alpha value is -3.25. The molecule has 0 bridgehead atoms. The molecule has 1 saturated carbocycles. The Balaban J connectivity index is 1.55. The molecule has 5 nitrogen and oxygen atoms in total. The van der Waals surface area contributed by atoms with E-state index in [-0.39, 0.29) is 11.4 Å². The normalized spacial score (nSPS) is 15.4. The Bertz CT molecular complexity index is 1200. The maximum absolute atomic E-state index is 13.5. The van der Waals surface area contributed by atoms with E-state index in [2.05, 4.69) is 22.4 Å². The van der Waals surface area contributed by atoms with Crippen molar-refractivity contribution < 1.29 is 9.13 Å². The summed E-state index contributed by atoms with van der Waals surface area (Å²) in [5.41, 5.74) is 3.75. The summed E-state index contributed by atoms with van der Waals surface area (Å²) < 4.78 is 21.2. The van der Waals surface area contributed by atoms with Crippen molar-refractivity contribution >= 4 is 5.78 Å². The SMILES string of the molecule is COc1ccccc1C1(NCc2c(-c3ccc(F)cc3)nc3ncccn23)CCCC1. The molecule has 0 unspecified atom stereocenters. The van der Waals surface area contributed by atoms with E-state index in [9.17, 15) is 4.39 Å². The molecule has 0 radical (unpaired) electrons. The average molecular weight is 417 g/mol. The van der Waals surface area contributed by atoms with E-state index in [1.807, 2.05) is 28.8 Å². The quantitative estimate of drug-likeness (QED) is 0.475. The molecule has 0 saturated heterocycles. The van der Waals surface area contributed by atoms with Crippen LogP contribution < -0.4 is 10.1 Å². The van der Waals surface area contributed by atoms with Gasteiger partial charge in [0.1, 0.15) is 11.6 Å². The number of imidazole rings is 1. The van der Waals surface area contributed by atoms with Crippen LogP contribution in [0.3, 0.4) is 0 Å². The zero-order chi connectivity index (χ0) is 21.3. The second-order valence-corrected chi connectivity index (χ2v) is 8.05. The van der Waals surface area contributed by atoms with Crippen LogP contribution in [0.5, 0.6) is 5.75 Å². The summed E-state index contributed by atoms with van der Waals surface area (Å²) in [5.74, 6) is 1.29. The molecule has 158 valence electrons. The van der Waals surface area contributed by atoms with Gasteiger partial charge in [-0.3, -0.25) is 4.40 Å². The standard InChI is InChI=1S/C25H25FN4O/c1-31-22-8-3-2-7-20(22)25(13-4-5-14-25)28-17-21-23(18-9-11-19(26)12-10-18)29-24-27-15-6-16-30(21)24/h2-3,6-12,15-16,28H,4-5,13-14,17H2,1H3. The van der Waals surface area contributed by atoms with Crippen LogP contribution in [0.15, 0.2) is 67.0 Å². The van der Waals surface area contributed by atoms with Gasteiger partial charge in [-0.2, -0.15) is 0 Å². The van der Waals surface area contributed by atoms with Gasteiger partial charge in [0.15, 0.2) is 0 Å². The van der Waals surface area contributed by atoms with Crippen LogP contribution in [0, 0.1) is 5.82 Å². The number of para-hydroxylation sites is 1. The van der Waals surface area contributed by atoms with Crippen molar-refractivity contribution in [2.75, 3.05) is 7.11 Å². The first-order chi connectivity index (χ1) is 15.2. The van der Waals surface area contributed by atoms with Gasteiger partial charge in [-0.15, -0.1) is 0 Å². The van der Waals surface area contributed by atoms with E-state index in [1.165, 1.54) is 30.5 Å². The van der Waals surface area contributed by atoms with Crippen LogP contribution >= 0.6 is 0 Å². The maximum Gasteiger partial charge on any atom is 0.234 e. The monoisotopic (exact) mass is 416 g/mol. The number of fused-ring (bicyclic) bond motifs is 1. The summed E-state index contributed by atoms with van der Waals surface area (Å²) >= 11 is 0. The van der Waals surface area contributed by atoms with Crippen molar-refractivity contribution in [2.24, 2.45) is 0 Å². The van der Waals surface area contributed by atoms with Crippen LogP contribution in [0.2, 0.25) is 0 Å². The Labute approximate surface area is 180 Å². The van der Waals surface area contributed by atoms with Gasteiger partial charge in [0.25, 0.3) is 0 Å². The van der Waals surface area contributed by atoms with Gasteiger partial charge in [0.2, 0.25) is 5.78 Å². The van der Waals surface area contributed by atoms with E-state index >= 15 is 0 Å². The smallest absolute Gasteiger partial charge is 0.234 e. The molecule has 4 aromatic rings. The molecule has 1 N–H and O–H groups in total. The molecule has 2 aromatic heterocycles. The minimum Gasteiger partial charge on any atom is -0.496 e. The number of ether oxygens (including phenoxy) is 1. The second kappa shape index (κ2) is 8.12. The van der Waals surface area contributed by atoms with Gasteiger partial charge in [0.05, 0.1) is 18.5 Å². The first-order valence-corrected chi connectivity index (χ1v) is 10.7. The van der Waals surface area contributed by atoms with E-state index < -0.39 is 0 Å². The lowest BCUT2D eigenvalue weighted by molar-refractivity contribution is 0.315. The molecule has 0 aliphatic heterocycles. The molecular weight excluding hydrogens is 391 g/mol. The number of nitrogens with one attached hydrogen (secondary N) is 1. The second-order valence-electron chi connectivity index (χ2n) is 8.05. The third-order valence-electron chi connectivity index (χ3n) is 6.29. The van der Waals surface area contributed by atoms with E-state index in [1.54, 1.807) is 25.4 Å². The van der Waals surface area contributed by atoms with E-state index in [0.717, 1.165) is 35.5 Å². The largest absolute Gasteiger partial charge is 0.496 e. The summed E-state index contributed by atoms with van der Waals surface area (Å²) in [5, 5.41) is 3.86. The van der Waals surface area contributed by atoms with Crippen LogP contribution in [0.4, 0.5) is 4.39 Å². The summed E-state index contributed by atoms with van der Waals surface area (Å²) in [6, 6.07) is 16.6. The summed E-state index contributed by atoms with van der Waals surface area (Å²) in [6.07, 6.45) is 8.16. The van der Waals surface area contributed by atoms with E-state index in [0.29, 0.717) is 12.3 Å². The van der Waals surface area contributed by atoms with Gasteiger partial charge in [-0.25, -0.2) is 14.4 Å². The van der Waals surface area contributed by atoms with Gasteiger partial charge < -0.3 is 10.1 Å². The Kier molecular flexibility index (Phi) is 5.16. The third-order valence-corrected chi connectivity index (χ3v) is 6.29. The minimum atomic E-state index is -0.258. The van der Waals surface area contributed by atoms with Gasteiger partial charge in [-0.05, 0) is 49.2 Å². The molecule has 0 atom stereocenters. The predicted octanol–water partition coefficient (Wildman–Crippen LogP) is 5.10. The topological polar surface area (TPSA) is 51.5 Å². The number of methoxy groups -OCH3 is 1. The zero-order valence-corrected chi connectivity index (χ0v) is 17.5. The number of rotatable bonds is 6. The maximum atomic E-state index is 13.5. The fraction of sp³-hybridized carbons (Fsp3) is 0.280. The highest BCUT2D eigenvalue weighted by molar-refractivity contribution is 5.65. The fourth-order valence-electron chi connectivity index (χ4n) is 4.76. The van der Waals surface area contributed by atoms with Gasteiger partial charge >= 0.3 is 0 Å². The highest BCUT2D eigenvalue weighted by atomic mass is 19.1. The molecule has 1 aliphatic rings. The third kappa shape index (κ3) is 3.57. The number of halogens is 1. The summed E-state index contributed by atoms with van der Waals surface area (Å²) in [7, 11) is 1.73. The van der Waals surface area contributed by atoms with Crippen molar-refractivity contribution in [1.29, 1.82) is 0 Å². The fourth-order valence-corrected chi connectivity index (χ4v) is 4.76. The highest BCUT2D eigenvalue weighted by Gasteiger charge is 2.37. The molecule has 31 heavy (non-hydrogen) atoms. The number of benzene rings is 2. The number of aromatic nitrogens is 3. The van der Waals surface area contributed by atoms with Gasteiger partial charge in [-0.1, -0.05) is 31.0 Å². The first-order valence-electron chi connectivity index (χ1n) is 10.7. The zero-order valence-electron chi connectivity index (χ0n) is 17.5. The molecule has 2 aromatic carbocycles. The summed E-state index contributed by atoms with van der Waals surface area (Å²) in [6.45, 7) is 0.609. The van der Waals surface area contributed by atoms with Crippen molar-refractivity contribution in [3.05, 3.63) is 84.1 Å². The van der Waals surface area contributed by atoms with Crippen LogP contribution in [0.1, 0.15) is 36.9 Å². The van der Waals surface area contributed by atoms with Crippen molar-refractivity contribution in [3.8, 4) is 17.0 Å². The molecule has 2 heterocycles. The Morgan fingerprint density at radius 3 is 2.61 bits per heavy atom. The first kappa shape index (κ1) is 19.7. The van der Waals surface area contributed by atoms with Crippen LogP contribution in [0.25, 0.3) is 17.0 Å².